The van der Waals surface area contributed by atoms with Gasteiger partial charge in [0.25, 0.3) is 5.91 Å². The monoisotopic (exact) mass is 355 g/mol. The van der Waals surface area contributed by atoms with Crippen LogP contribution in [-0.2, 0) is 12.7 Å². The average molecular weight is 355 g/mol. The van der Waals surface area contributed by atoms with Crippen LogP contribution in [0, 0.1) is 5.92 Å². The van der Waals surface area contributed by atoms with Crippen LogP contribution in [0.15, 0.2) is 18.2 Å². The number of likely N-dealkylation sites (N-methyl/N-ethyl adjacent to an activating group) is 1. The number of hydrogen-bond acceptors (Lipinski definition) is 3. The SMILES string of the molecule is CC(C)[C@H]1CN(C)CCN1CN1Cc2c(cccc2C(F)(F)F)C1=O. The van der Waals surface area contributed by atoms with Crippen LogP contribution < -0.4 is 0 Å². The molecule has 7 heteroatoms. The number of rotatable bonds is 3. The normalized spacial score (nSPS) is 22.8. The fourth-order valence-corrected chi connectivity index (χ4v) is 3.79. The van der Waals surface area contributed by atoms with E-state index in [1.165, 1.54) is 12.1 Å². The second kappa shape index (κ2) is 6.61. The van der Waals surface area contributed by atoms with Gasteiger partial charge in [0.15, 0.2) is 0 Å². The van der Waals surface area contributed by atoms with Crippen LogP contribution in [0.4, 0.5) is 13.2 Å². The predicted molar refractivity (Wildman–Crippen MR) is 89.0 cm³/mol. The highest BCUT2D eigenvalue weighted by atomic mass is 19.4. The number of halogens is 3. The molecule has 1 fully saturated rings. The molecule has 0 N–H and O–H groups in total. The first-order chi connectivity index (χ1) is 11.7. The van der Waals surface area contributed by atoms with E-state index >= 15 is 0 Å². The molecule has 2 heterocycles. The van der Waals surface area contributed by atoms with E-state index in [0.29, 0.717) is 12.6 Å². The second-order valence-corrected chi connectivity index (χ2v) is 7.36. The molecule has 3 rings (SSSR count). The molecule has 0 radical (unpaired) electrons. The van der Waals surface area contributed by atoms with E-state index in [2.05, 4.69) is 30.7 Å². The number of alkyl halides is 3. The Hall–Kier alpha value is -1.60. The molecule has 25 heavy (non-hydrogen) atoms. The van der Waals surface area contributed by atoms with Gasteiger partial charge in [-0.15, -0.1) is 0 Å². The number of amides is 1. The third-order valence-corrected chi connectivity index (χ3v) is 5.21. The molecule has 0 saturated carbocycles. The number of benzene rings is 1. The maximum atomic E-state index is 13.2. The Morgan fingerprint density at radius 3 is 2.60 bits per heavy atom. The van der Waals surface area contributed by atoms with E-state index in [1.807, 2.05) is 0 Å². The zero-order valence-electron chi connectivity index (χ0n) is 14.8. The van der Waals surface area contributed by atoms with Crippen LogP contribution in [0.1, 0.15) is 35.3 Å². The summed E-state index contributed by atoms with van der Waals surface area (Å²) in [7, 11) is 2.07. The minimum atomic E-state index is -4.43. The molecule has 1 amide bonds. The summed E-state index contributed by atoms with van der Waals surface area (Å²) in [6, 6.07) is 4.16. The Kier molecular flexibility index (Phi) is 4.81. The van der Waals surface area contributed by atoms with Gasteiger partial charge in [-0.3, -0.25) is 9.69 Å². The fraction of sp³-hybridized carbons (Fsp3) is 0.611. The molecule has 2 aliphatic heterocycles. The lowest BCUT2D eigenvalue weighted by Crippen LogP contribution is -2.56. The maximum Gasteiger partial charge on any atom is 0.416 e. The number of carbonyl (C=O) groups is 1. The molecule has 0 aliphatic carbocycles. The molecule has 0 bridgehead atoms. The van der Waals surface area contributed by atoms with Crippen LogP contribution in [0.3, 0.4) is 0 Å². The van der Waals surface area contributed by atoms with Crippen LogP contribution >= 0.6 is 0 Å². The lowest BCUT2D eigenvalue weighted by atomic mass is 10.0. The van der Waals surface area contributed by atoms with Crippen molar-refractivity contribution in [2.45, 2.75) is 32.6 Å². The van der Waals surface area contributed by atoms with Gasteiger partial charge in [0.2, 0.25) is 0 Å². The van der Waals surface area contributed by atoms with Gasteiger partial charge in [0.1, 0.15) is 0 Å². The lowest BCUT2D eigenvalue weighted by Gasteiger charge is -2.43. The number of carbonyl (C=O) groups excluding carboxylic acids is 1. The van der Waals surface area contributed by atoms with Crippen molar-refractivity contribution in [1.82, 2.24) is 14.7 Å². The molecule has 0 spiro atoms. The topological polar surface area (TPSA) is 26.8 Å². The van der Waals surface area contributed by atoms with Crippen LogP contribution in [0.2, 0.25) is 0 Å². The number of hydrogen-bond donors (Lipinski definition) is 0. The third kappa shape index (κ3) is 3.53. The summed E-state index contributed by atoms with van der Waals surface area (Å²) in [5.41, 5.74) is -0.403. The predicted octanol–water partition coefficient (Wildman–Crippen LogP) is 2.89. The third-order valence-electron chi connectivity index (χ3n) is 5.21. The van der Waals surface area contributed by atoms with Crippen molar-refractivity contribution in [3.05, 3.63) is 34.9 Å². The Morgan fingerprint density at radius 1 is 1.24 bits per heavy atom. The smallest absolute Gasteiger partial charge is 0.321 e. The minimum Gasteiger partial charge on any atom is -0.321 e. The summed E-state index contributed by atoms with van der Waals surface area (Å²) >= 11 is 0. The Labute approximate surface area is 146 Å². The molecule has 1 atom stereocenters. The summed E-state index contributed by atoms with van der Waals surface area (Å²) in [4.78, 5) is 18.6. The van der Waals surface area contributed by atoms with Crippen molar-refractivity contribution in [2.75, 3.05) is 33.4 Å². The van der Waals surface area contributed by atoms with E-state index in [1.54, 1.807) is 4.90 Å². The van der Waals surface area contributed by atoms with Crippen LogP contribution in [0.5, 0.6) is 0 Å². The van der Waals surface area contributed by atoms with E-state index < -0.39 is 11.7 Å². The molecule has 1 aromatic rings. The van der Waals surface area contributed by atoms with Gasteiger partial charge in [0.05, 0.1) is 12.2 Å². The van der Waals surface area contributed by atoms with Crippen molar-refractivity contribution in [1.29, 1.82) is 0 Å². The Morgan fingerprint density at radius 2 is 1.96 bits per heavy atom. The van der Waals surface area contributed by atoms with E-state index in [-0.39, 0.29) is 29.6 Å². The zero-order valence-corrected chi connectivity index (χ0v) is 14.8. The highest BCUT2D eigenvalue weighted by Crippen LogP contribution is 2.37. The molecule has 2 aliphatic rings. The largest absolute Gasteiger partial charge is 0.416 e. The summed E-state index contributed by atoms with van der Waals surface area (Å²) in [5, 5.41) is 0. The standard InChI is InChI=1S/C18H24F3N3O/c1-12(2)16-10-22(3)7-8-23(16)11-24-9-14-13(17(24)25)5-4-6-15(14)18(19,20)21/h4-6,12,16H,7-11H2,1-3H3/t16-/m1/s1. The van der Waals surface area contributed by atoms with E-state index in [4.69, 9.17) is 0 Å². The van der Waals surface area contributed by atoms with Gasteiger partial charge in [-0.25, -0.2) is 0 Å². The van der Waals surface area contributed by atoms with Gasteiger partial charge in [-0.2, -0.15) is 13.2 Å². The van der Waals surface area contributed by atoms with Crippen LogP contribution in [-0.4, -0.2) is 60.0 Å². The van der Waals surface area contributed by atoms with E-state index in [0.717, 1.165) is 25.7 Å². The van der Waals surface area contributed by atoms with E-state index in [9.17, 15) is 18.0 Å². The van der Waals surface area contributed by atoms with Crippen LogP contribution in [0.25, 0.3) is 0 Å². The van der Waals surface area contributed by atoms with Gasteiger partial charge < -0.3 is 9.80 Å². The van der Waals surface area contributed by atoms with Gasteiger partial charge in [0, 0.05) is 37.8 Å². The minimum absolute atomic E-state index is 0.0288. The van der Waals surface area contributed by atoms with Gasteiger partial charge in [-0.1, -0.05) is 19.9 Å². The first kappa shape index (κ1) is 18.2. The fourth-order valence-electron chi connectivity index (χ4n) is 3.79. The van der Waals surface area contributed by atoms with Crippen molar-refractivity contribution in [3.8, 4) is 0 Å². The Bertz CT molecular complexity index is 659. The zero-order chi connectivity index (χ0) is 18.4. The summed E-state index contributed by atoms with van der Waals surface area (Å²) in [6.07, 6.45) is -4.43. The Balaban J connectivity index is 1.80. The molecular weight excluding hydrogens is 331 g/mol. The van der Waals surface area contributed by atoms with Gasteiger partial charge >= 0.3 is 6.18 Å². The average Bonchev–Trinajstić information content (AvgIpc) is 2.84. The highest BCUT2D eigenvalue weighted by molar-refractivity contribution is 5.98. The number of piperazine rings is 1. The highest BCUT2D eigenvalue weighted by Gasteiger charge is 2.40. The summed E-state index contributed by atoms with van der Waals surface area (Å²) in [6.45, 7) is 7.29. The molecular formula is C18H24F3N3O. The summed E-state index contributed by atoms with van der Waals surface area (Å²) in [5.74, 6) is 0.108. The molecule has 4 nitrogen and oxygen atoms in total. The lowest BCUT2D eigenvalue weighted by molar-refractivity contribution is -0.138. The van der Waals surface area contributed by atoms with Crippen molar-refractivity contribution in [2.24, 2.45) is 5.92 Å². The second-order valence-electron chi connectivity index (χ2n) is 7.36. The molecule has 0 unspecified atom stereocenters. The molecule has 1 saturated heterocycles. The first-order valence-electron chi connectivity index (χ1n) is 8.59. The summed E-state index contributed by atoms with van der Waals surface area (Å²) < 4.78 is 39.7. The first-order valence-corrected chi connectivity index (χ1v) is 8.59. The van der Waals surface area contributed by atoms with Crippen molar-refractivity contribution >= 4 is 5.91 Å². The molecule has 1 aromatic carbocycles. The van der Waals surface area contributed by atoms with Crippen molar-refractivity contribution < 1.29 is 18.0 Å². The molecule has 0 aromatic heterocycles. The van der Waals surface area contributed by atoms with Crippen molar-refractivity contribution in [3.63, 3.8) is 0 Å². The molecule has 138 valence electrons. The quantitative estimate of drug-likeness (QED) is 0.834. The van der Waals surface area contributed by atoms with Gasteiger partial charge in [-0.05, 0) is 30.7 Å². The number of fused-ring (bicyclic) bond motifs is 1. The maximum absolute atomic E-state index is 13.2. The number of nitrogens with zero attached hydrogens (tertiary/aromatic N) is 3.